The Bertz CT molecular complexity index is 432. The third-order valence-corrected chi connectivity index (χ3v) is 5.44. The van der Waals surface area contributed by atoms with Crippen LogP contribution in [0.25, 0.3) is 0 Å². The Balaban J connectivity index is 2.02. The predicted octanol–water partition coefficient (Wildman–Crippen LogP) is 5.20. The molecule has 1 saturated carbocycles. The second kappa shape index (κ2) is 7.01. The van der Waals surface area contributed by atoms with E-state index in [0.717, 1.165) is 12.3 Å². The van der Waals surface area contributed by atoms with Crippen LogP contribution in [0.4, 0.5) is 0 Å². The Morgan fingerprint density at radius 1 is 1.26 bits per heavy atom. The van der Waals surface area contributed by atoms with Crippen LogP contribution in [0.15, 0.2) is 29.2 Å². The molecule has 0 aliphatic heterocycles. The van der Waals surface area contributed by atoms with Gasteiger partial charge in [-0.3, -0.25) is 0 Å². The van der Waals surface area contributed by atoms with Crippen LogP contribution in [0.3, 0.4) is 0 Å². The van der Waals surface area contributed by atoms with Crippen molar-refractivity contribution >= 4 is 11.8 Å². The minimum absolute atomic E-state index is 0.236. The standard InChI is InChI=1S/C17H23NS/c1-3-4-14-7-8-15(12-18)17(11-14)19-16-9-5-13(2)6-10-16/h5-6,9-10,14-15,17H,3-4,7-8,11H2,1-2H3. The molecule has 0 heterocycles. The number of hydrogen-bond donors (Lipinski definition) is 0. The van der Waals surface area contributed by atoms with E-state index in [2.05, 4.69) is 44.2 Å². The van der Waals surface area contributed by atoms with Crippen molar-refractivity contribution in [1.29, 1.82) is 5.26 Å². The molecule has 0 amide bonds. The number of aryl methyl sites for hydroxylation is 1. The second-order valence-corrected chi connectivity index (χ2v) is 6.99. The highest BCUT2D eigenvalue weighted by Gasteiger charge is 2.30. The van der Waals surface area contributed by atoms with Crippen LogP contribution in [0, 0.1) is 30.1 Å². The summed E-state index contributed by atoms with van der Waals surface area (Å²) >= 11 is 1.91. The summed E-state index contributed by atoms with van der Waals surface area (Å²) in [5.41, 5.74) is 1.30. The van der Waals surface area contributed by atoms with Gasteiger partial charge in [0.15, 0.2) is 0 Å². The summed E-state index contributed by atoms with van der Waals surface area (Å²) in [6, 6.07) is 11.2. The van der Waals surface area contributed by atoms with Gasteiger partial charge in [-0.2, -0.15) is 5.26 Å². The molecule has 3 atom stereocenters. The molecule has 1 fully saturated rings. The molecule has 102 valence electrons. The summed E-state index contributed by atoms with van der Waals surface area (Å²) in [5.74, 6) is 1.07. The molecule has 1 aromatic rings. The summed E-state index contributed by atoms with van der Waals surface area (Å²) in [6.45, 7) is 4.38. The minimum Gasteiger partial charge on any atom is -0.198 e. The third-order valence-electron chi connectivity index (χ3n) is 4.07. The van der Waals surface area contributed by atoms with Gasteiger partial charge >= 0.3 is 0 Å². The molecule has 1 aliphatic rings. The molecular formula is C17H23NS. The lowest BCUT2D eigenvalue weighted by Crippen LogP contribution is -2.26. The van der Waals surface area contributed by atoms with Gasteiger partial charge in [0, 0.05) is 10.1 Å². The lowest BCUT2D eigenvalue weighted by atomic mass is 9.80. The van der Waals surface area contributed by atoms with Crippen LogP contribution in [-0.2, 0) is 0 Å². The largest absolute Gasteiger partial charge is 0.198 e. The van der Waals surface area contributed by atoms with Gasteiger partial charge in [-0.05, 0) is 44.2 Å². The second-order valence-electron chi connectivity index (χ2n) is 5.67. The SMILES string of the molecule is CCCC1CCC(C#N)C(Sc2ccc(C)cc2)C1. The van der Waals surface area contributed by atoms with E-state index in [-0.39, 0.29) is 5.92 Å². The molecule has 0 bridgehead atoms. The maximum Gasteiger partial charge on any atom is 0.0667 e. The topological polar surface area (TPSA) is 23.8 Å². The number of rotatable bonds is 4. The maximum atomic E-state index is 9.34. The van der Waals surface area contributed by atoms with E-state index in [1.54, 1.807) is 0 Å². The smallest absolute Gasteiger partial charge is 0.0667 e. The molecule has 0 radical (unpaired) electrons. The number of nitriles is 1. The molecule has 0 spiro atoms. The van der Waals surface area contributed by atoms with Gasteiger partial charge in [0.05, 0.1) is 12.0 Å². The minimum atomic E-state index is 0.236. The lowest BCUT2D eigenvalue weighted by Gasteiger charge is -2.32. The van der Waals surface area contributed by atoms with Crippen molar-refractivity contribution in [2.45, 2.75) is 56.1 Å². The Morgan fingerprint density at radius 2 is 2.00 bits per heavy atom. The van der Waals surface area contributed by atoms with Crippen molar-refractivity contribution in [3.05, 3.63) is 29.8 Å². The van der Waals surface area contributed by atoms with E-state index in [4.69, 9.17) is 0 Å². The first-order valence-corrected chi connectivity index (χ1v) is 8.23. The van der Waals surface area contributed by atoms with E-state index in [0.29, 0.717) is 5.25 Å². The van der Waals surface area contributed by atoms with Crippen molar-refractivity contribution < 1.29 is 0 Å². The van der Waals surface area contributed by atoms with Gasteiger partial charge in [0.1, 0.15) is 0 Å². The fraction of sp³-hybridized carbons (Fsp3) is 0.588. The summed E-state index contributed by atoms with van der Waals surface area (Å²) < 4.78 is 0. The normalized spacial score (nSPS) is 26.9. The molecule has 0 N–H and O–H groups in total. The van der Waals surface area contributed by atoms with Gasteiger partial charge in [-0.1, -0.05) is 37.5 Å². The average Bonchev–Trinajstić information content (AvgIpc) is 2.42. The number of nitrogens with zero attached hydrogens (tertiary/aromatic N) is 1. The van der Waals surface area contributed by atoms with Crippen molar-refractivity contribution in [2.24, 2.45) is 11.8 Å². The molecule has 0 saturated heterocycles. The molecule has 2 heteroatoms. The molecule has 0 aromatic heterocycles. The number of hydrogen-bond acceptors (Lipinski definition) is 2. The molecule has 2 rings (SSSR count). The molecule has 3 unspecified atom stereocenters. The highest BCUT2D eigenvalue weighted by molar-refractivity contribution is 8.00. The average molecular weight is 273 g/mol. The van der Waals surface area contributed by atoms with Crippen LogP contribution < -0.4 is 0 Å². The predicted molar refractivity (Wildman–Crippen MR) is 82.2 cm³/mol. The highest BCUT2D eigenvalue weighted by Crippen LogP contribution is 2.41. The fourth-order valence-corrected chi connectivity index (χ4v) is 4.32. The van der Waals surface area contributed by atoms with Gasteiger partial charge in [-0.25, -0.2) is 0 Å². The lowest BCUT2D eigenvalue weighted by molar-refractivity contribution is 0.307. The van der Waals surface area contributed by atoms with Crippen molar-refractivity contribution in [3.63, 3.8) is 0 Å². The number of thioether (sulfide) groups is 1. The van der Waals surface area contributed by atoms with Gasteiger partial charge in [0.2, 0.25) is 0 Å². The molecule has 1 aromatic carbocycles. The summed E-state index contributed by atoms with van der Waals surface area (Å²) in [5, 5.41) is 9.82. The van der Waals surface area contributed by atoms with E-state index in [9.17, 15) is 5.26 Å². The monoisotopic (exact) mass is 273 g/mol. The van der Waals surface area contributed by atoms with Crippen molar-refractivity contribution in [2.75, 3.05) is 0 Å². The molecule has 1 aliphatic carbocycles. The van der Waals surface area contributed by atoms with E-state index in [1.807, 2.05) is 11.8 Å². The van der Waals surface area contributed by atoms with Crippen LogP contribution in [-0.4, -0.2) is 5.25 Å². The Kier molecular flexibility index (Phi) is 5.34. The quantitative estimate of drug-likeness (QED) is 0.753. The molecule has 19 heavy (non-hydrogen) atoms. The zero-order chi connectivity index (χ0) is 13.7. The Labute approximate surface area is 121 Å². The van der Waals surface area contributed by atoms with Gasteiger partial charge in [0.25, 0.3) is 0 Å². The first-order valence-electron chi connectivity index (χ1n) is 7.36. The summed E-state index contributed by atoms with van der Waals surface area (Å²) in [7, 11) is 0. The first-order chi connectivity index (χ1) is 9.22. The highest BCUT2D eigenvalue weighted by atomic mass is 32.2. The third kappa shape index (κ3) is 4.01. The van der Waals surface area contributed by atoms with E-state index in [1.165, 1.54) is 36.1 Å². The van der Waals surface area contributed by atoms with E-state index < -0.39 is 0 Å². The molecular weight excluding hydrogens is 250 g/mol. The van der Waals surface area contributed by atoms with Crippen LogP contribution in [0.2, 0.25) is 0 Å². The summed E-state index contributed by atoms with van der Waals surface area (Å²) in [4.78, 5) is 1.31. The van der Waals surface area contributed by atoms with Crippen molar-refractivity contribution in [3.8, 4) is 6.07 Å². The molecule has 1 nitrogen and oxygen atoms in total. The maximum absolute atomic E-state index is 9.34. The Morgan fingerprint density at radius 3 is 2.63 bits per heavy atom. The van der Waals surface area contributed by atoms with Gasteiger partial charge < -0.3 is 0 Å². The van der Waals surface area contributed by atoms with Crippen LogP contribution in [0.1, 0.15) is 44.6 Å². The fourth-order valence-electron chi connectivity index (χ4n) is 2.95. The van der Waals surface area contributed by atoms with Crippen LogP contribution in [0.5, 0.6) is 0 Å². The van der Waals surface area contributed by atoms with Crippen molar-refractivity contribution in [1.82, 2.24) is 0 Å². The van der Waals surface area contributed by atoms with E-state index >= 15 is 0 Å². The van der Waals surface area contributed by atoms with Gasteiger partial charge in [-0.15, -0.1) is 11.8 Å². The summed E-state index contributed by atoms with van der Waals surface area (Å²) in [6.07, 6.45) is 6.14. The zero-order valence-corrected chi connectivity index (χ0v) is 12.7. The first kappa shape index (κ1) is 14.5. The number of benzene rings is 1. The Hall–Kier alpha value is -0.940. The van der Waals surface area contributed by atoms with Crippen LogP contribution >= 0.6 is 11.8 Å². The zero-order valence-electron chi connectivity index (χ0n) is 11.9.